The Labute approximate surface area is 199 Å². The normalized spacial score (nSPS) is 26.6. The summed E-state index contributed by atoms with van der Waals surface area (Å²) in [5.41, 5.74) is 5.58. The Balaban J connectivity index is 1.27. The second-order valence-corrected chi connectivity index (χ2v) is 9.80. The summed E-state index contributed by atoms with van der Waals surface area (Å²) in [4.78, 5) is 26.2. The first kappa shape index (κ1) is 24.8. The van der Waals surface area contributed by atoms with Crippen molar-refractivity contribution in [3.63, 3.8) is 0 Å². The Hall–Kier alpha value is -2.34. The molecule has 0 spiro atoms. The van der Waals surface area contributed by atoms with Crippen LogP contribution in [0.15, 0.2) is 12.1 Å². The van der Waals surface area contributed by atoms with Gasteiger partial charge in [-0.15, -0.1) is 0 Å². The molecule has 11 heteroatoms. The number of aromatic carboxylic acids is 1. The molecule has 0 radical (unpaired) electrons. The number of hydrogen-bond donors (Lipinski definition) is 6. The van der Waals surface area contributed by atoms with E-state index in [4.69, 9.17) is 10.5 Å². The van der Waals surface area contributed by atoms with Crippen molar-refractivity contribution < 1.29 is 34.6 Å². The van der Waals surface area contributed by atoms with Gasteiger partial charge < -0.3 is 40.9 Å². The highest BCUT2D eigenvalue weighted by atomic mass is 16.5. The third-order valence-electron chi connectivity index (χ3n) is 7.39. The average Bonchev–Trinajstić information content (AvgIpc) is 3.56. The van der Waals surface area contributed by atoms with Crippen molar-refractivity contribution in [2.75, 3.05) is 26.2 Å². The van der Waals surface area contributed by atoms with E-state index in [-0.39, 0.29) is 29.2 Å². The van der Waals surface area contributed by atoms with Crippen LogP contribution in [0.25, 0.3) is 0 Å². The van der Waals surface area contributed by atoms with Gasteiger partial charge in [-0.25, -0.2) is 4.79 Å². The van der Waals surface area contributed by atoms with E-state index in [0.717, 1.165) is 32.2 Å². The molecule has 2 atom stereocenters. The molecule has 0 bridgehead atoms. The first-order valence-corrected chi connectivity index (χ1v) is 12.1. The number of ether oxygens (including phenoxy) is 1. The maximum absolute atomic E-state index is 12.6. The highest BCUT2D eigenvalue weighted by Gasteiger charge is 2.48. The van der Waals surface area contributed by atoms with Crippen molar-refractivity contribution in [2.24, 2.45) is 11.7 Å². The summed E-state index contributed by atoms with van der Waals surface area (Å²) in [5.74, 6) is -1.90. The van der Waals surface area contributed by atoms with Gasteiger partial charge in [0.25, 0.3) is 0 Å². The number of nitrogens with zero attached hydrogens (tertiary/aromatic N) is 1. The van der Waals surface area contributed by atoms with E-state index in [2.05, 4.69) is 5.32 Å². The van der Waals surface area contributed by atoms with Crippen LogP contribution < -0.4 is 15.8 Å². The summed E-state index contributed by atoms with van der Waals surface area (Å²) in [7, 11) is -1.50. The highest BCUT2D eigenvalue weighted by molar-refractivity contribution is 6.44. The lowest BCUT2D eigenvalue weighted by Crippen LogP contribution is -2.56. The molecule has 1 aliphatic heterocycles. The second-order valence-electron chi connectivity index (χ2n) is 9.80. The number of rotatable bonds is 10. The van der Waals surface area contributed by atoms with Crippen molar-refractivity contribution in [1.82, 2.24) is 10.2 Å². The zero-order chi connectivity index (χ0) is 24.4. The molecule has 1 amide bonds. The standard InChI is InChI=1S/C23H34BN3O7/c25-7-8-26-14-3-1-13(2-4-14)9-20(28)27-11-15(12-27)34-19-6-5-16(17-10-18(17)24(32)33)22(29)21(19)23(30)31/h5-6,13-15,17-18,26,29,32-33H,1-4,7-12,25H2,(H,30,31)/t13-,14+,17-,18-/m1/s1. The zero-order valence-corrected chi connectivity index (χ0v) is 19.2. The van der Waals surface area contributed by atoms with Crippen molar-refractivity contribution >= 4 is 19.0 Å². The molecular weight excluding hydrogens is 441 g/mol. The van der Waals surface area contributed by atoms with Crippen molar-refractivity contribution in [1.29, 1.82) is 0 Å². The maximum atomic E-state index is 12.6. The van der Waals surface area contributed by atoms with Crippen molar-refractivity contribution in [3.05, 3.63) is 23.3 Å². The third kappa shape index (κ3) is 5.48. The number of carboxylic acids is 1. The number of nitrogens with two attached hydrogens (primary N) is 1. The molecule has 1 saturated heterocycles. The quantitative estimate of drug-likeness (QED) is 0.264. The molecule has 10 nitrogen and oxygen atoms in total. The fourth-order valence-corrected chi connectivity index (χ4v) is 5.22. The summed E-state index contributed by atoms with van der Waals surface area (Å²) >= 11 is 0. The minimum atomic E-state index is -1.50. The Morgan fingerprint density at radius 1 is 1.18 bits per heavy atom. The van der Waals surface area contributed by atoms with E-state index in [1.54, 1.807) is 11.0 Å². The van der Waals surface area contributed by atoms with Gasteiger partial charge in [-0.3, -0.25) is 4.79 Å². The zero-order valence-electron chi connectivity index (χ0n) is 19.2. The minimum Gasteiger partial charge on any atom is -0.507 e. The maximum Gasteiger partial charge on any atom is 0.455 e. The number of aromatic hydroxyl groups is 1. The van der Waals surface area contributed by atoms with Crippen LogP contribution in [0, 0.1) is 5.92 Å². The monoisotopic (exact) mass is 475 g/mol. The van der Waals surface area contributed by atoms with Crippen LogP contribution in [0.1, 0.15) is 60.4 Å². The molecule has 3 fully saturated rings. The molecule has 3 aliphatic rings. The molecule has 34 heavy (non-hydrogen) atoms. The van der Waals surface area contributed by atoms with Crippen molar-refractivity contribution in [2.45, 2.75) is 62.4 Å². The number of phenols is 1. The number of carboxylic acid groups (broad SMARTS) is 1. The van der Waals surface area contributed by atoms with E-state index in [0.29, 0.717) is 50.0 Å². The number of hydrogen-bond acceptors (Lipinski definition) is 8. The predicted molar refractivity (Wildman–Crippen MR) is 125 cm³/mol. The van der Waals surface area contributed by atoms with Gasteiger partial charge in [0, 0.05) is 31.4 Å². The summed E-state index contributed by atoms with van der Waals surface area (Å²) in [6, 6.07) is 3.56. The smallest absolute Gasteiger partial charge is 0.455 e. The van der Waals surface area contributed by atoms with Gasteiger partial charge in [-0.05, 0) is 55.6 Å². The van der Waals surface area contributed by atoms with Gasteiger partial charge in [0.05, 0.1) is 13.1 Å². The van der Waals surface area contributed by atoms with Crippen LogP contribution in [0.4, 0.5) is 0 Å². The van der Waals surface area contributed by atoms with Crippen LogP contribution in [0.2, 0.25) is 5.82 Å². The number of benzene rings is 1. The summed E-state index contributed by atoms with van der Waals surface area (Å²) in [5, 5.41) is 42.2. The summed E-state index contributed by atoms with van der Waals surface area (Å²) in [6.07, 6.45) is 4.80. The fraction of sp³-hybridized carbons (Fsp3) is 0.652. The first-order valence-electron chi connectivity index (χ1n) is 12.1. The van der Waals surface area contributed by atoms with Crippen molar-refractivity contribution in [3.8, 4) is 11.5 Å². The van der Waals surface area contributed by atoms with E-state index in [9.17, 15) is 29.9 Å². The molecule has 2 aliphatic carbocycles. The molecule has 1 aromatic carbocycles. The van der Waals surface area contributed by atoms with Crippen LogP contribution in [0.3, 0.4) is 0 Å². The molecule has 1 aromatic rings. The number of amides is 1. The molecule has 4 rings (SSSR count). The Morgan fingerprint density at radius 2 is 1.88 bits per heavy atom. The average molecular weight is 475 g/mol. The number of likely N-dealkylation sites (tertiary alicyclic amines) is 1. The van der Waals surface area contributed by atoms with Gasteiger partial charge in [0.15, 0.2) is 0 Å². The Morgan fingerprint density at radius 3 is 2.47 bits per heavy atom. The molecule has 7 N–H and O–H groups in total. The van der Waals surface area contributed by atoms with E-state index >= 15 is 0 Å². The van der Waals surface area contributed by atoms with Gasteiger partial charge >= 0.3 is 13.1 Å². The van der Waals surface area contributed by atoms with Crippen LogP contribution in [0.5, 0.6) is 11.5 Å². The van der Waals surface area contributed by atoms with Crippen LogP contribution in [-0.4, -0.2) is 82.5 Å². The molecule has 0 unspecified atom stereocenters. The lowest BCUT2D eigenvalue weighted by Gasteiger charge is -2.40. The number of carbonyl (C=O) groups is 2. The van der Waals surface area contributed by atoms with Gasteiger partial charge in [-0.2, -0.15) is 0 Å². The molecule has 186 valence electrons. The van der Waals surface area contributed by atoms with Gasteiger partial charge in [-0.1, -0.05) is 6.07 Å². The lowest BCUT2D eigenvalue weighted by molar-refractivity contribution is -0.141. The topological polar surface area (TPSA) is 166 Å². The minimum absolute atomic E-state index is 0.0518. The number of nitrogens with one attached hydrogen (secondary N) is 1. The second kappa shape index (κ2) is 10.5. The first-order chi connectivity index (χ1) is 16.3. The number of carbonyl (C=O) groups excluding carboxylic acids is 1. The Kier molecular flexibility index (Phi) is 7.66. The van der Waals surface area contributed by atoms with Gasteiger partial charge in [0.2, 0.25) is 5.91 Å². The SMILES string of the molecule is NCCN[C@H]1CC[C@@H](CC(=O)N2CC(Oc3ccc([C@H]4C[C@H]4B(O)O)c(O)c3C(=O)O)C2)CC1. The summed E-state index contributed by atoms with van der Waals surface area (Å²) in [6.45, 7) is 2.22. The summed E-state index contributed by atoms with van der Waals surface area (Å²) < 4.78 is 5.82. The third-order valence-corrected chi connectivity index (χ3v) is 7.39. The predicted octanol–water partition coefficient (Wildman–Crippen LogP) is 0.508. The largest absolute Gasteiger partial charge is 0.507 e. The Bertz CT molecular complexity index is 901. The highest BCUT2D eigenvalue weighted by Crippen LogP contribution is 2.56. The van der Waals surface area contributed by atoms with E-state index in [1.807, 2.05) is 0 Å². The van der Waals surface area contributed by atoms with Crippen LogP contribution in [-0.2, 0) is 4.79 Å². The van der Waals surface area contributed by atoms with Crippen LogP contribution >= 0.6 is 0 Å². The van der Waals surface area contributed by atoms with E-state index < -0.39 is 24.7 Å². The molecule has 2 saturated carbocycles. The fourth-order valence-electron chi connectivity index (χ4n) is 5.22. The lowest BCUT2D eigenvalue weighted by atomic mass is 9.81. The van der Waals surface area contributed by atoms with E-state index in [1.165, 1.54) is 6.07 Å². The molecule has 1 heterocycles. The van der Waals surface area contributed by atoms with Gasteiger partial charge in [0.1, 0.15) is 23.2 Å². The molecular formula is C23H34BN3O7. The molecule has 0 aromatic heterocycles.